The van der Waals surface area contributed by atoms with Gasteiger partial charge in [-0.1, -0.05) is 29.0 Å². The van der Waals surface area contributed by atoms with Crippen molar-refractivity contribution >= 4 is 54.2 Å². The Morgan fingerprint density at radius 3 is 2.42 bits per heavy atom. The van der Waals surface area contributed by atoms with Crippen LogP contribution in [0, 0.1) is 12.8 Å². The van der Waals surface area contributed by atoms with Gasteiger partial charge in [-0.2, -0.15) is 4.31 Å². The summed E-state index contributed by atoms with van der Waals surface area (Å²) in [6.07, 6.45) is 0.911. The highest BCUT2D eigenvalue weighted by Gasteiger charge is 2.35. The molecule has 0 saturated carbocycles. The van der Waals surface area contributed by atoms with E-state index in [4.69, 9.17) is 21.3 Å². The molecule has 0 unspecified atom stereocenters. The van der Waals surface area contributed by atoms with E-state index < -0.39 is 10.0 Å². The number of anilines is 1. The van der Waals surface area contributed by atoms with Gasteiger partial charge in [-0.15, -0.1) is 0 Å². The summed E-state index contributed by atoms with van der Waals surface area (Å²) in [7, 11) is 1.92. The predicted molar refractivity (Wildman–Crippen MR) is 145 cm³/mol. The van der Waals surface area contributed by atoms with Crippen LogP contribution in [-0.4, -0.2) is 75.9 Å². The Balaban J connectivity index is 1.55. The number of benzene rings is 2. The molecule has 194 valence electrons. The van der Waals surface area contributed by atoms with E-state index in [1.165, 1.54) is 27.8 Å². The lowest BCUT2D eigenvalue weighted by Gasteiger charge is -2.33. The molecule has 0 aliphatic carbocycles. The van der Waals surface area contributed by atoms with Crippen molar-refractivity contribution < 1.29 is 17.9 Å². The number of sulfonamides is 1. The highest BCUT2D eigenvalue weighted by atomic mass is 35.5. The minimum Gasteiger partial charge on any atom is -0.494 e. The molecule has 1 saturated heterocycles. The number of rotatable bonds is 8. The second-order valence-electron chi connectivity index (χ2n) is 9.18. The molecule has 1 amide bonds. The molecule has 0 atom stereocenters. The van der Waals surface area contributed by atoms with Gasteiger partial charge >= 0.3 is 0 Å². The number of ether oxygens (including phenoxy) is 1. The van der Waals surface area contributed by atoms with Crippen molar-refractivity contribution in [1.29, 1.82) is 0 Å². The van der Waals surface area contributed by atoms with E-state index in [-0.39, 0.29) is 29.8 Å². The molecular weight excluding hydrogens is 520 g/mol. The Morgan fingerprint density at radius 2 is 1.81 bits per heavy atom. The first-order chi connectivity index (χ1) is 17.1. The second-order valence-corrected chi connectivity index (χ2v) is 12.5. The quantitative estimate of drug-likeness (QED) is 0.417. The zero-order chi connectivity index (χ0) is 26.0. The average molecular weight is 551 g/mol. The Kier molecular flexibility index (Phi) is 8.21. The Morgan fingerprint density at radius 1 is 1.14 bits per heavy atom. The van der Waals surface area contributed by atoms with E-state index in [0.29, 0.717) is 41.8 Å². The van der Waals surface area contributed by atoms with Crippen LogP contribution in [0.25, 0.3) is 10.2 Å². The average Bonchev–Trinajstić information content (AvgIpc) is 3.30. The van der Waals surface area contributed by atoms with Crippen molar-refractivity contribution in [3.8, 4) is 5.75 Å². The minimum absolute atomic E-state index is 0.0175. The van der Waals surface area contributed by atoms with Crippen molar-refractivity contribution in [2.24, 2.45) is 5.92 Å². The fourth-order valence-corrected chi connectivity index (χ4v) is 6.98. The lowest BCUT2D eigenvalue weighted by molar-refractivity contribution is -0.123. The van der Waals surface area contributed by atoms with Crippen LogP contribution < -0.4 is 9.64 Å². The standard InChI is InChI=1S/C25H31ClN4O4S2/c1-17-5-10-21(34-4)22-23(17)35-25(27-22)30(16-15-28(2)3)24(31)18-11-13-29(14-12-18)36(32,33)20-8-6-19(26)7-9-20/h5-10,18H,11-16H2,1-4H3. The molecule has 11 heteroatoms. The summed E-state index contributed by atoms with van der Waals surface area (Å²) < 4.78 is 34.1. The van der Waals surface area contributed by atoms with Gasteiger partial charge in [0.05, 0.1) is 16.7 Å². The smallest absolute Gasteiger partial charge is 0.243 e. The van der Waals surface area contributed by atoms with Crippen molar-refractivity contribution in [3.63, 3.8) is 0 Å². The molecule has 1 aliphatic rings. The van der Waals surface area contributed by atoms with E-state index >= 15 is 0 Å². The summed E-state index contributed by atoms with van der Waals surface area (Å²) in [4.78, 5) is 22.6. The molecule has 2 heterocycles. The fraction of sp³-hybridized carbons (Fsp3) is 0.440. The van der Waals surface area contributed by atoms with Gasteiger partial charge in [-0.3, -0.25) is 9.69 Å². The summed E-state index contributed by atoms with van der Waals surface area (Å²) in [6, 6.07) is 10.1. The van der Waals surface area contributed by atoms with Crippen molar-refractivity contribution in [2.75, 3.05) is 52.3 Å². The summed E-state index contributed by atoms with van der Waals surface area (Å²) in [5, 5.41) is 1.12. The monoisotopic (exact) mass is 550 g/mol. The van der Waals surface area contributed by atoms with Crippen LogP contribution >= 0.6 is 22.9 Å². The maximum absolute atomic E-state index is 13.8. The number of hydrogen-bond donors (Lipinski definition) is 0. The van der Waals surface area contributed by atoms with Gasteiger partial charge in [0, 0.05) is 37.1 Å². The van der Waals surface area contributed by atoms with E-state index in [9.17, 15) is 13.2 Å². The van der Waals surface area contributed by atoms with Gasteiger partial charge < -0.3 is 9.64 Å². The zero-order valence-electron chi connectivity index (χ0n) is 20.9. The highest BCUT2D eigenvalue weighted by molar-refractivity contribution is 7.89. The van der Waals surface area contributed by atoms with Gasteiger partial charge in [0.25, 0.3) is 0 Å². The Bertz CT molecular complexity index is 1330. The minimum atomic E-state index is -3.63. The van der Waals surface area contributed by atoms with Crippen LogP contribution in [0.4, 0.5) is 5.13 Å². The number of fused-ring (bicyclic) bond motifs is 1. The Labute approximate surface area is 221 Å². The molecule has 4 rings (SSSR count). The van der Waals surface area contributed by atoms with Crippen LogP contribution in [-0.2, 0) is 14.8 Å². The largest absolute Gasteiger partial charge is 0.494 e. The van der Waals surface area contributed by atoms with E-state index in [1.807, 2.05) is 38.1 Å². The first kappa shape index (κ1) is 26.8. The lowest BCUT2D eigenvalue weighted by atomic mass is 9.96. The molecule has 0 N–H and O–H groups in total. The number of amides is 1. The topological polar surface area (TPSA) is 83.0 Å². The molecule has 0 bridgehead atoms. The highest BCUT2D eigenvalue weighted by Crippen LogP contribution is 2.37. The van der Waals surface area contributed by atoms with Crippen molar-refractivity contribution in [3.05, 3.63) is 47.0 Å². The molecular formula is C25H31ClN4O4S2. The number of thiazole rings is 1. The number of halogens is 1. The third-order valence-electron chi connectivity index (χ3n) is 6.43. The summed E-state index contributed by atoms with van der Waals surface area (Å²) in [5.74, 6) is 0.383. The van der Waals surface area contributed by atoms with E-state index in [2.05, 4.69) is 0 Å². The number of likely N-dealkylation sites (N-methyl/N-ethyl adjacent to an activating group) is 1. The number of nitrogens with zero attached hydrogens (tertiary/aromatic N) is 4. The maximum Gasteiger partial charge on any atom is 0.243 e. The summed E-state index contributed by atoms with van der Waals surface area (Å²) in [6.45, 7) is 3.77. The van der Waals surface area contributed by atoms with Crippen LogP contribution in [0.5, 0.6) is 5.75 Å². The van der Waals surface area contributed by atoms with Crippen molar-refractivity contribution in [1.82, 2.24) is 14.2 Å². The number of carbonyl (C=O) groups is 1. The number of aromatic nitrogens is 1. The van der Waals surface area contributed by atoms with Gasteiger partial charge in [0.1, 0.15) is 11.3 Å². The number of aryl methyl sites for hydroxylation is 1. The lowest BCUT2D eigenvalue weighted by Crippen LogP contribution is -2.46. The van der Waals surface area contributed by atoms with Gasteiger partial charge in [-0.25, -0.2) is 13.4 Å². The van der Waals surface area contributed by atoms with E-state index in [1.54, 1.807) is 24.1 Å². The first-order valence-corrected chi connectivity index (χ1v) is 14.4. The third kappa shape index (κ3) is 5.52. The summed E-state index contributed by atoms with van der Waals surface area (Å²) >= 11 is 7.40. The van der Waals surface area contributed by atoms with Crippen LogP contribution in [0.15, 0.2) is 41.3 Å². The van der Waals surface area contributed by atoms with Crippen LogP contribution in [0.1, 0.15) is 18.4 Å². The van der Waals surface area contributed by atoms with Crippen LogP contribution in [0.3, 0.4) is 0 Å². The normalized spacial score (nSPS) is 15.5. The third-order valence-corrected chi connectivity index (χ3v) is 9.81. The predicted octanol–water partition coefficient (Wildman–Crippen LogP) is 4.26. The molecule has 1 aromatic heterocycles. The van der Waals surface area contributed by atoms with Crippen molar-refractivity contribution in [2.45, 2.75) is 24.7 Å². The first-order valence-electron chi connectivity index (χ1n) is 11.8. The number of methoxy groups -OCH3 is 1. The zero-order valence-corrected chi connectivity index (χ0v) is 23.3. The SMILES string of the molecule is COc1ccc(C)c2sc(N(CCN(C)C)C(=O)C3CCN(S(=O)(=O)c4ccc(Cl)cc4)CC3)nc12. The number of carbonyl (C=O) groups excluding carboxylic acids is 1. The molecule has 0 radical (unpaired) electrons. The second kappa shape index (κ2) is 11.0. The number of hydrogen-bond acceptors (Lipinski definition) is 7. The fourth-order valence-electron chi connectivity index (χ4n) is 4.30. The number of piperidine rings is 1. The van der Waals surface area contributed by atoms with Crippen LogP contribution in [0.2, 0.25) is 5.02 Å². The van der Waals surface area contributed by atoms with Gasteiger partial charge in [0.2, 0.25) is 15.9 Å². The molecule has 1 fully saturated rings. The van der Waals surface area contributed by atoms with Gasteiger partial charge in [0.15, 0.2) is 5.13 Å². The Hall–Kier alpha value is -2.24. The molecule has 8 nitrogen and oxygen atoms in total. The molecule has 0 spiro atoms. The summed E-state index contributed by atoms with van der Waals surface area (Å²) in [5.41, 5.74) is 1.83. The maximum atomic E-state index is 13.8. The molecule has 1 aliphatic heterocycles. The molecule has 36 heavy (non-hydrogen) atoms. The molecule has 2 aromatic carbocycles. The molecule has 3 aromatic rings. The van der Waals surface area contributed by atoms with E-state index in [0.717, 1.165) is 15.8 Å². The van der Waals surface area contributed by atoms with Gasteiger partial charge in [-0.05, 0) is 69.8 Å².